The molecular weight excluding hydrogens is 374 g/mol. The first-order valence-corrected chi connectivity index (χ1v) is 9.21. The van der Waals surface area contributed by atoms with Crippen LogP contribution in [0.5, 0.6) is 0 Å². The highest BCUT2D eigenvalue weighted by Gasteiger charge is 2.15. The van der Waals surface area contributed by atoms with Gasteiger partial charge in [0.15, 0.2) is 10.8 Å². The number of aryl methyl sites for hydroxylation is 1. The van der Waals surface area contributed by atoms with Crippen LogP contribution in [-0.2, 0) is 7.05 Å². The zero-order valence-corrected chi connectivity index (χ0v) is 16.6. The summed E-state index contributed by atoms with van der Waals surface area (Å²) >= 11 is 5.22. The summed E-state index contributed by atoms with van der Waals surface area (Å²) in [6.07, 6.45) is 0. The molecular formula is C20H21N5O2S. The average Bonchev–Trinajstić information content (AvgIpc) is 2.69. The fourth-order valence-electron chi connectivity index (χ4n) is 2.75. The number of thiocarbonyl (C=S) groups is 1. The molecule has 0 saturated carbocycles. The van der Waals surface area contributed by atoms with Crippen molar-refractivity contribution in [2.75, 3.05) is 5.32 Å². The van der Waals surface area contributed by atoms with Crippen LogP contribution in [0.3, 0.4) is 0 Å². The van der Waals surface area contributed by atoms with Gasteiger partial charge in [-0.25, -0.2) is 4.68 Å². The van der Waals surface area contributed by atoms with Crippen molar-refractivity contribution in [3.8, 4) is 0 Å². The zero-order valence-electron chi connectivity index (χ0n) is 15.8. The lowest BCUT2D eigenvalue weighted by atomic mass is 10.0. The molecule has 0 radical (unpaired) electrons. The van der Waals surface area contributed by atoms with E-state index >= 15 is 0 Å². The number of amides is 1. The standard InChI is InChI=1S/C20H21N5O2S/c1-12(2)13-8-10-14(11-9-13)21-20(28)23-22-18(26)17-15-6-4-5-7-16(15)19(27)25(3)24-17/h4-12H,1-3H3,(H,22,26)(H2,21,23,28). The van der Waals surface area contributed by atoms with E-state index in [2.05, 4.69) is 35.1 Å². The van der Waals surface area contributed by atoms with Crippen molar-refractivity contribution in [2.24, 2.45) is 7.05 Å². The van der Waals surface area contributed by atoms with Crippen LogP contribution >= 0.6 is 12.2 Å². The topological polar surface area (TPSA) is 88.0 Å². The molecule has 144 valence electrons. The average molecular weight is 395 g/mol. The molecule has 28 heavy (non-hydrogen) atoms. The molecule has 1 aromatic heterocycles. The molecule has 0 spiro atoms. The summed E-state index contributed by atoms with van der Waals surface area (Å²) < 4.78 is 1.14. The predicted octanol–water partition coefficient (Wildman–Crippen LogP) is 2.69. The molecule has 1 heterocycles. The number of carbonyl (C=O) groups is 1. The number of nitrogens with one attached hydrogen (secondary N) is 3. The van der Waals surface area contributed by atoms with Crippen molar-refractivity contribution in [3.05, 3.63) is 70.1 Å². The molecule has 0 saturated heterocycles. The van der Waals surface area contributed by atoms with Gasteiger partial charge in [0.25, 0.3) is 11.5 Å². The molecule has 0 fully saturated rings. The number of fused-ring (bicyclic) bond motifs is 1. The second kappa shape index (κ2) is 8.18. The maximum absolute atomic E-state index is 12.6. The van der Waals surface area contributed by atoms with Gasteiger partial charge in [-0.2, -0.15) is 5.10 Å². The number of carbonyl (C=O) groups excluding carboxylic acids is 1. The van der Waals surface area contributed by atoms with Crippen molar-refractivity contribution >= 4 is 39.7 Å². The fraction of sp³-hybridized carbons (Fsp3) is 0.200. The largest absolute Gasteiger partial charge is 0.331 e. The highest BCUT2D eigenvalue weighted by Crippen LogP contribution is 2.17. The predicted molar refractivity (Wildman–Crippen MR) is 114 cm³/mol. The van der Waals surface area contributed by atoms with Gasteiger partial charge in [0.2, 0.25) is 0 Å². The summed E-state index contributed by atoms with van der Waals surface area (Å²) in [5, 5.41) is 8.22. The third-order valence-corrected chi connectivity index (χ3v) is 4.50. The zero-order chi connectivity index (χ0) is 20.3. The van der Waals surface area contributed by atoms with E-state index in [-0.39, 0.29) is 16.4 Å². The van der Waals surface area contributed by atoms with Crippen molar-refractivity contribution < 1.29 is 4.79 Å². The Morgan fingerprint density at radius 1 is 1.04 bits per heavy atom. The van der Waals surface area contributed by atoms with Crippen molar-refractivity contribution in [1.82, 2.24) is 20.6 Å². The Kier molecular flexibility index (Phi) is 5.70. The molecule has 3 N–H and O–H groups in total. The maximum Gasteiger partial charge on any atom is 0.290 e. The van der Waals surface area contributed by atoms with E-state index in [0.717, 1.165) is 10.4 Å². The van der Waals surface area contributed by atoms with Crippen molar-refractivity contribution in [2.45, 2.75) is 19.8 Å². The molecule has 0 unspecified atom stereocenters. The van der Waals surface area contributed by atoms with Crippen LogP contribution < -0.4 is 21.7 Å². The van der Waals surface area contributed by atoms with Crippen molar-refractivity contribution in [1.29, 1.82) is 0 Å². The molecule has 3 rings (SSSR count). The highest BCUT2D eigenvalue weighted by molar-refractivity contribution is 7.80. The molecule has 2 aromatic carbocycles. The Balaban J connectivity index is 1.69. The number of rotatable bonds is 3. The van der Waals surface area contributed by atoms with Crippen LogP contribution in [0.1, 0.15) is 35.8 Å². The number of hydrazine groups is 1. The minimum atomic E-state index is -0.494. The Labute approximate surface area is 167 Å². The SMILES string of the molecule is CC(C)c1ccc(NC(=S)NNC(=O)c2nn(C)c(=O)c3ccccc23)cc1. The first-order chi connectivity index (χ1) is 13.4. The summed E-state index contributed by atoms with van der Waals surface area (Å²) in [6.45, 7) is 4.25. The van der Waals surface area contributed by atoms with Gasteiger partial charge in [-0.15, -0.1) is 0 Å². The van der Waals surface area contributed by atoms with E-state index in [9.17, 15) is 9.59 Å². The molecule has 3 aromatic rings. The quantitative estimate of drug-likeness (QED) is 0.467. The van der Waals surface area contributed by atoms with Crippen LogP contribution in [0.2, 0.25) is 0 Å². The monoisotopic (exact) mass is 395 g/mol. The van der Waals surface area contributed by atoms with E-state index in [4.69, 9.17) is 12.2 Å². The van der Waals surface area contributed by atoms with E-state index < -0.39 is 5.91 Å². The summed E-state index contributed by atoms with van der Waals surface area (Å²) in [5.74, 6) is -0.0475. The number of nitrogens with zero attached hydrogens (tertiary/aromatic N) is 2. The number of aromatic nitrogens is 2. The lowest BCUT2D eigenvalue weighted by Crippen LogP contribution is -2.44. The van der Waals surface area contributed by atoms with E-state index in [1.807, 2.05) is 24.3 Å². The summed E-state index contributed by atoms with van der Waals surface area (Å²) in [5.41, 5.74) is 7.08. The molecule has 0 aliphatic carbocycles. The Morgan fingerprint density at radius 3 is 2.32 bits per heavy atom. The first-order valence-electron chi connectivity index (χ1n) is 8.80. The second-order valence-electron chi connectivity index (χ2n) is 6.63. The smallest absolute Gasteiger partial charge is 0.290 e. The maximum atomic E-state index is 12.6. The van der Waals surface area contributed by atoms with Crippen LogP contribution in [0.4, 0.5) is 5.69 Å². The normalized spacial score (nSPS) is 10.7. The van der Waals surface area contributed by atoms with E-state index in [1.54, 1.807) is 24.3 Å². The van der Waals surface area contributed by atoms with Gasteiger partial charge in [0, 0.05) is 18.1 Å². The van der Waals surface area contributed by atoms with Gasteiger partial charge in [-0.3, -0.25) is 20.4 Å². The number of hydrogen-bond donors (Lipinski definition) is 3. The lowest BCUT2D eigenvalue weighted by Gasteiger charge is -2.13. The lowest BCUT2D eigenvalue weighted by molar-refractivity contribution is 0.0939. The van der Waals surface area contributed by atoms with Gasteiger partial charge in [-0.1, -0.05) is 44.2 Å². The van der Waals surface area contributed by atoms with E-state index in [0.29, 0.717) is 16.7 Å². The second-order valence-corrected chi connectivity index (χ2v) is 7.04. The van der Waals surface area contributed by atoms with Gasteiger partial charge in [0.1, 0.15) is 0 Å². The van der Waals surface area contributed by atoms with Gasteiger partial charge in [-0.05, 0) is 41.9 Å². The number of anilines is 1. The summed E-state index contributed by atoms with van der Waals surface area (Å²) in [4.78, 5) is 24.7. The van der Waals surface area contributed by atoms with Crippen LogP contribution in [0.15, 0.2) is 53.3 Å². The summed E-state index contributed by atoms with van der Waals surface area (Å²) in [7, 11) is 1.51. The molecule has 7 nitrogen and oxygen atoms in total. The third-order valence-electron chi connectivity index (χ3n) is 4.30. The Bertz CT molecular complexity index is 1090. The Hall–Kier alpha value is -3.26. The highest BCUT2D eigenvalue weighted by atomic mass is 32.1. The molecule has 1 amide bonds. The molecule has 0 atom stereocenters. The minimum Gasteiger partial charge on any atom is -0.331 e. The van der Waals surface area contributed by atoms with Crippen LogP contribution in [0, 0.1) is 0 Å². The molecule has 0 aliphatic rings. The van der Waals surface area contributed by atoms with Crippen LogP contribution in [-0.4, -0.2) is 20.8 Å². The van der Waals surface area contributed by atoms with Crippen LogP contribution in [0.25, 0.3) is 10.8 Å². The number of benzene rings is 2. The Morgan fingerprint density at radius 2 is 1.68 bits per heavy atom. The molecule has 8 heteroatoms. The van der Waals surface area contributed by atoms with E-state index in [1.165, 1.54) is 12.6 Å². The number of hydrogen-bond acceptors (Lipinski definition) is 4. The van der Waals surface area contributed by atoms with Gasteiger partial charge in [0.05, 0.1) is 5.39 Å². The molecule has 0 aliphatic heterocycles. The van der Waals surface area contributed by atoms with Gasteiger partial charge < -0.3 is 5.32 Å². The first kappa shape index (κ1) is 19.5. The molecule has 0 bridgehead atoms. The fourth-order valence-corrected chi connectivity index (χ4v) is 2.92. The third kappa shape index (κ3) is 4.17. The minimum absolute atomic E-state index is 0.134. The van der Waals surface area contributed by atoms with Gasteiger partial charge >= 0.3 is 0 Å². The summed E-state index contributed by atoms with van der Waals surface area (Å²) in [6, 6.07) is 14.7. The van der Waals surface area contributed by atoms with Crippen molar-refractivity contribution in [3.63, 3.8) is 0 Å².